The molecule has 0 atom stereocenters. The summed E-state index contributed by atoms with van der Waals surface area (Å²) in [5.74, 6) is 0. The van der Waals surface area contributed by atoms with Crippen LogP contribution in [0, 0.1) is 6.92 Å². The van der Waals surface area contributed by atoms with Crippen molar-refractivity contribution in [1.82, 2.24) is 4.98 Å². The number of hydrogen-bond donors (Lipinski definition) is 2. The molecule has 1 aromatic carbocycles. The zero-order valence-electron chi connectivity index (χ0n) is 11.3. The molecule has 0 radical (unpaired) electrons. The number of aryl methyl sites for hydroxylation is 2. The van der Waals surface area contributed by atoms with Gasteiger partial charge in [0.15, 0.2) is 5.13 Å². The van der Waals surface area contributed by atoms with Gasteiger partial charge in [0, 0.05) is 4.88 Å². The number of thiazole rings is 1. The van der Waals surface area contributed by atoms with Gasteiger partial charge < -0.3 is 5.11 Å². The van der Waals surface area contributed by atoms with Crippen LogP contribution in [0.25, 0.3) is 0 Å². The molecule has 108 valence electrons. The maximum absolute atomic E-state index is 12.2. The van der Waals surface area contributed by atoms with Crippen molar-refractivity contribution in [1.29, 1.82) is 0 Å². The largest absolute Gasteiger partial charge is 0.392 e. The Labute approximate surface area is 122 Å². The van der Waals surface area contributed by atoms with Crippen molar-refractivity contribution in [2.45, 2.75) is 31.8 Å². The molecule has 0 saturated heterocycles. The third-order valence-corrected chi connectivity index (χ3v) is 5.28. The highest BCUT2D eigenvalue weighted by Gasteiger charge is 2.17. The van der Waals surface area contributed by atoms with E-state index in [1.807, 2.05) is 13.8 Å². The van der Waals surface area contributed by atoms with Gasteiger partial charge >= 0.3 is 0 Å². The summed E-state index contributed by atoms with van der Waals surface area (Å²) in [6, 6.07) is 6.10. The minimum atomic E-state index is -3.63. The van der Waals surface area contributed by atoms with E-state index in [-0.39, 0.29) is 11.5 Å². The Bertz CT molecular complexity index is 691. The van der Waals surface area contributed by atoms with Crippen molar-refractivity contribution in [2.24, 2.45) is 0 Å². The summed E-state index contributed by atoms with van der Waals surface area (Å²) in [4.78, 5) is 5.43. The molecule has 7 heteroatoms. The van der Waals surface area contributed by atoms with Crippen LogP contribution >= 0.6 is 11.3 Å². The van der Waals surface area contributed by atoms with Crippen LogP contribution in [-0.4, -0.2) is 18.5 Å². The SMILES string of the molecule is CCc1nc(NS(=O)(=O)c2ccc(CO)cc2)sc1C. The smallest absolute Gasteiger partial charge is 0.263 e. The molecule has 0 aliphatic heterocycles. The summed E-state index contributed by atoms with van der Waals surface area (Å²) in [5, 5.41) is 9.33. The predicted octanol–water partition coefficient (Wildman–Crippen LogP) is 2.31. The molecule has 1 aromatic heterocycles. The fraction of sp³-hybridized carbons (Fsp3) is 0.308. The Morgan fingerprint density at radius 1 is 1.30 bits per heavy atom. The van der Waals surface area contributed by atoms with E-state index >= 15 is 0 Å². The van der Waals surface area contributed by atoms with E-state index in [0.29, 0.717) is 10.7 Å². The van der Waals surface area contributed by atoms with E-state index in [1.54, 1.807) is 12.1 Å². The van der Waals surface area contributed by atoms with Crippen molar-refractivity contribution in [2.75, 3.05) is 4.72 Å². The fourth-order valence-corrected chi connectivity index (χ4v) is 3.88. The molecule has 2 aromatic rings. The quantitative estimate of drug-likeness (QED) is 0.888. The summed E-state index contributed by atoms with van der Waals surface area (Å²) >= 11 is 1.33. The minimum absolute atomic E-state index is 0.112. The van der Waals surface area contributed by atoms with Crippen LogP contribution < -0.4 is 4.72 Å². The number of nitrogens with zero attached hydrogens (tertiary/aromatic N) is 1. The number of anilines is 1. The Balaban J connectivity index is 2.25. The molecular weight excluding hydrogens is 296 g/mol. The van der Waals surface area contributed by atoms with Gasteiger partial charge in [0.05, 0.1) is 17.2 Å². The molecule has 0 saturated carbocycles. The molecule has 0 spiro atoms. The maximum Gasteiger partial charge on any atom is 0.263 e. The van der Waals surface area contributed by atoms with Crippen molar-refractivity contribution >= 4 is 26.5 Å². The van der Waals surface area contributed by atoms with Crippen LogP contribution in [0.4, 0.5) is 5.13 Å². The lowest BCUT2D eigenvalue weighted by atomic mass is 10.2. The lowest BCUT2D eigenvalue weighted by Crippen LogP contribution is -2.12. The summed E-state index contributed by atoms with van der Waals surface area (Å²) in [7, 11) is -3.63. The van der Waals surface area contributed by atoms with Crippen LogP contribution in [0.1, 0.15) is 23.1 Å². The van der Waals surface area contributed by atoms with E-state index in [9.17, 15) is 8.42 Å². The van der Waals surface area contributed by atoms with Crippen LogP contribution in [-0.2, 0) is 23.1 Å². The second-order valence-corrected chi connectivity index (χ2v) is 7.17. The van der Waals surface area contributed by atoms with Crippen molar-refractivity contribution in [3.63, 3.8) is 0 Å². The molecule has 2 rings (SSSR count). The molecule has 0 unspecified atom stereocenters. The second kappa shape index (κ2) is 5.90. The van der Waals surface area contributed by atoms with Gasteiger partial charge in [-0.05, 0) is 31.0 Å². The average molecular weight is 312 g/mol. The third-order valence-electron chi connectivity index (χ3n) is 2.87. The lowest BCUT2D eigenvalue weighted by molar-refractivity contribution is 0.282. The van der Waals surface area contributed by atoms with E-state index in [1.165, 1.54) is 23.5 Å². The predicted molar refractivity (Wildman–Crippen MR) is 79.4 cm³/mol. The van der Waals surface area contributed by atoms with Gasteiger partial charge in [0.25, 0.3) is 10.0 Å². The molecule has 5 nitrogen and oxygen atoms in total. The van der Waals surface area contributed by atoms with E-state index in [4.69, 9.17) is 5.11 Å². The number of aromatic nitrogens is 1. The minimum Gasteiger partial charge on any atom is -0.392 e. The second-order valence-electron chi connectivity index (χ2n) is 4.28. The van der Waals surface area contributed by atoms with E-state index in [0.717, 1.165) is 17.0 Å². The van der Waals surface area contributed by atoms with Crippen molar-refractivity contribution in [3.8, 4) is 0 Å². The first-order valence-electron chi connectivity index (χ1n) is 6.15. The number of hydrogen-bond acceptors (Lipinski definition) is 5. The summed E-state index contributed by atoms with van der Waals surface area (Å²) in [6.45, 7) is 3.79. The molecule has 0 bridgehead atoms. The summed E-state index contributed by atoms with van der Waals surface area (Å²) in [6.07, 6.45) is 0.773. The monoisotopic (exact) mass is 312 g/mol. The normalized spacial score (nSPS) is 11.6. The van der Waals surface area contributed by atoms with Crippen molar-refractivity contribution in [3.05, 3.63) is 40.4 Å². The highest BCUT2D eigenvalue weighted by Crippen LogP contribution is 2.25. The number of sulfonamides is 1. The molecule has 20 heavy (non-hydrogen) atoms. The third kappa shape index (κ3) is 3.17. The lowest BCUT2D eigenvalue weighted by Gasteiger charge is -2.05. The van der Waals surface area contributed by atoms with E-state index in [2.05, 4.69) is 9.71 Å². The molecule has 2 N–H and O–H groups in total. The molecular formula is C13H16N2O3S2. The van der Waals surface area contributed by atoms with Gasteiger partial charge in [-0.2, -0.15) is 0 Å². The first kappa shape index (κ1) is 15.0. The van der Waals surface area contributed by atoms with Crippen LogP contribution in [0.5, 0.6) is 0 Å². The van der Waals surface area contributed by atoms with Crippen LogP contribution in [0.2, 0.25) is 0 Å². The zero-order valence-corrected chi connectivity index (χ0v) is 12.9. The van der Waals surface area contributed by atoms with Crippen molar-refractivity contribution < 1.29 is 13.5 Å². The number of benzene rings is 1. The highest BCUT2D eigenvalue weighted by atomic mass is 32.2. The first-order valence-corrected chi connectivity index (χ1v) is 8.45. The maximum atomic E-state index is 12.2. The number of aliphatic hydroxyl groups is 1. The molecule has 0 amide bonds. The van der Waals surface area contributed by atoms with Crippen LogP contribution in [0.3, 0.4) is 0 Å². The van der Waals surface area contributed by atoms with E-state index < -0.39 is 10.0 Å². The van der Waals surface area contributed by atoms with Crippen LogP contribution in [0.15, 0.2) is 29.2 Å². The zero-order chi connectivity index (χ0) is 14.8. The Morgan fingerprint density at radius 3 is 2.45 bits per heavy atom. The number of nitrogens with one attached hydrogen (secondary N) is 1. The molecule has 1 heterocycles. The van der Waals surface area contributed by atoms with Gasteiger partial charge in [-0.1, -0.05) is 19.1 Å². The van der Waals surface area contributed by atoms with Gasteiger partial charge in [-0.3, -0.25) is 4.72 Å². The molecule has 0 aliphatic rings. The Morgan fingerprint density at radius 2 is 1.95 bits per heavy atom. The van der Waals surface area contributed by atoms with Gasteiger partial charge in [-0.25, -0.2) is 13.4 Å². The number of aliphatic hydroxyl groups excluding tert-OH is 1. The van der Waals surface area contributed by atoms with Gasteiger partial charge in [0.2, 0.25) is 0 Å². The fourth-order valence-electron chi connectivity index (χ4n) is 1.75. The summed E-state index contributed by atoms with van der Waals surface area (Å²) in [5.41, 5.74) is 1.57. The Kier molecular flexibility index (Phi) is 4.42. The Hall–Kier alpha value is -1.44. The first-order chi connectivity index (χ1) is 9.46. The van der Waals surface area contributed by atoms with Gasteiger partial charge in [-0.15, -0.1) is 11.3 Å². The molecule has 0 aliphatic carbocycles. The summed E-state index contributed by atoms with van der Waals surface area (Å²) < 4.78 is 26.9. The number of rotatable bonds is 5. The topological polar surface area (TPSA) is 79.3 Å². The highest BCUT2D eigenvalue weighted by molar-refractivity contribution is 7.93. The standard InChI is InChI=1S/C13H16N2O3S2/c1-3-12-9(2)19-13(14-12)15-20(17,18)11-6-4-10(8-16)5-7-11/h4-7,16H,3,8H2,1-2H3,(H,14,15). The van der Waals surface area contributed by atoms with Gasteiger partial charge in [0.1, 0.15) is 0 Å². The average Bonchev–Trinajstić information content (AvgIpc) is 2.78. The molecule has 0 fully saturated rings.